The highest BCUT2D eigenvalue weighted by Gasteiger charge is 2.20. The summed E-state index contributed by atoms with van der Waals surface area (Å²) in [5, 5.41) is 1.01. The smallest absolute Gasteiger partial charge is 0.309 e. The molecule has 25 heavy (non-hydrogen) atoms. The molecular formula is C17H21ClN4O2S. The number of alkyl halides is 1. The van der Waals surface area contributed by atoms with E-state index in [4.69, 9.17) is 11.6 Å². The minimum atomic E-state index is -0.460. The van der Waals surface area contributed by atoms with Crippen LogP contribution in [-0.4, -0.2) is 29.7 Å². The first-order valence-corrected chi connectivity index (χ1v) is 9.48. The van der Waals surface area contributed by atoms with Gasteiger partial charge in [-0.2, -0.15) is 0 Å². The number of imidazole rings is 1. The molecule has 2 aromatic heterocycles. The lowest BCUT2D eigenvalue weighted by molar-refractivity contribution is 0.686. The molecule has 0 radical (unpaired) electrons. The van der Waals surface area contributed by atoms with Crippen LogP contribution in [0.25, 0.3) is 11.2 Å². The van der Waals surface area contributed by atoms with Crippen LogP contribution in [-0.2, 0) is 13.6 Å². The number of aromatic nitrogens is 4. The van der Waals surface area contributed by atoms with E-state index >= 15 is 0 Å². The fraction of sp³-hybridized carbons (Fsp3) is 0.471. The molecule has 0 saturated heterocycles. The van der Waals surface area contributed by atoms with Crippen LogP contribution in [0, 0.1) is 5.92 Å². The molecule has 1 N–H and O–H groups in total. The Hall–Kier alpha value is -1.73. The minimum Gasteiger partial charge on any atom is -0.309 e. The molecule has 6 nitrogen and oxygen atoms in total. The van der Waals surface area contributed by atoms with Gasteiger partial charge in [0.15, 0.2) is 16.3 Å². The van der Waals surface area contributed by atoms with Gasteiger partial charge in [-0.25, -0.2) is 9.78 Å². The maximum atomic E-state index is 12.4. The van der Waals surface area contributed by atoms with Gasteiger partial charge >= 0.3 is 5.69 Å². The lowest BCUT2D eigenvalue weighted by atomic mass is 9.97. The molecule has 8 heteroatoms. The van der Waals surface area contributed by atoms with Gasteiger partial charge in [-0.15, -0.1) is 11.6 Å². The topological polar surface area (TPSA) is 72.7 Å². The van der Waals surface area contributed by atoms with Crippen molar-refractivity contribution in [2.75, 3.05) is 0 Å². The van der Waals surface area contributed by atoms with Crippen LogP contribution in [0.3, 0.4) is 0 Å². The Morgan fingerprint density at radius 3 is 2.76 bits per heavy atom. The van der Waals surface area contributed by atoms with Gasteiger partial charge in [0.2, 0.25) is 0 Å². The van der Waals surface area contributed by atoms with E-state index in [0.29, 0.717) is 23.0 Å². The molecule has 0 spiro atoms. The molecule has 0 saturated carbocycles. The molecule has 1 aliphatic carbocycles. The molecule has 0 aliphatic heterocycles. The average Bonchev–Trinajstić information content (AvgIpc) is 2.87. The zero-order chi connectivity index (χ0) is 18.3. The molecule has 0 bridgehead atoms. The second-order valence-corrected chi connectivity index (χ2v) is 8.59. The SMILES string of the molecule is CC(C)Sc1nc2c(c(=O)[nH]c(=O)n2C)n1CC1=CC(C)C(Cl)C=C1. The Bertz CT molecular complexity index is 983. The van der Waals surface area contributed by atoms with Crippen molar-refractivity contribution in [1.82, 2.24) is 19.1 Å². The Morgan fingerprint density at radius 1 is 1.40 bits per heavy atom. The van der Waals surface area contributed by atoms with Crippen molar-refractivity contribution >= 4 is 34.5 Å². The summed E-state index contributed by atoms with van der Waals surface area (Å²) in [5.41, 5.74) is 1.02. The van der Waals surface area contributed by atoms with E-state index < -0.39 is 11.2 Å². The molecular weight excluding hydrogens is 360 g/mol. The van der Waals surface area contributed by atoms with Crippen molar-refractivity contribution in [3.63, 3.8) is 0 Å². The molecule has 2 aromatic rings. The van der Waals surface area contributed by atoms with Gasteiger partial charge in [0.1, 0.15) is 0 Å². The fourth-order valence-electron chi connectivity index (χ4n) is 2.83. The monoisotopic (exact) mass is 380 g/mol. The highest BCUT2D eigenvalue weighted by molar-refractivity contribution is 7.99. The maximum absolute atomic E-state index is 12.4. The molecule has 2 heterocycles. The number of H-pyrrole nitrogens is 1. The van der Waals surface area contributed by atoms with Gasteiger partial charge in [0, 0.05) is 12.3 Å². The van der Waals surface area contributed by atoms with Crippen LogP contribution in [0.4, 0.5) is 0 Å². The van der Waals surface area contributed by atoms with Gasteiger partial charge in [0.25, 0.3) is 5.56 Å². The van der Waals surface area contributed by atoms with Crippen molar-refractivity contribution in [3.8, 4) is 0 Å². The number of thioether (sulfide) groups is 1. The molecule has 1 aliphatic rings. The Kier molecular flexibility index (Phi) is 4.97. The molecule has 3 rings (SSSR count). The molecule has 134 valence electrons. The number of aryl methyl sites for hydroxylation is 1. The Labute approximate surface area is 154 Å². The van der Waals surface area contributed by atoms with E-state index in [9.17, 15) is 9.59 Å². The summed E-state index contributed by atoms with van der Waals surface area (Å²) in [6, 6.07) is 0. The van der Waals surface area contributed by atoms with E-state index in [2.05, 4.69) is 36.8 Å². The van der Waals surface area contributed by atoms with Gasteiger partial charge in [-0.1, -0.05) is 50.8 Å². The molecule has 0 fully saturated rings. The quantitative estimate of drug-likeness (QED) is 0.653. The summed E-state index contributed by atoms with van der Waals surface area (Å²) in [6.07, 6.45) is 6.07. The number of halogens is 1. The largest absolute Gasteiger partial charge is 0.329 e. The normalized spacial score (nSPS) is 20.5. The number of rotatable bonds is 4. The minimum absolute atomic E-state index is 0.0167. The first kappa shape index (κ1) is 18.1. The van der Waals surface area contributed by atoms with Crippen LogP contribution in [0.5, 0.6) is 0 Å². The fourth-order valence-corrected chi connectivity index (χ4v) is 3.82. The third-order valence-corrected chi connectivity index (χ3v) is 5.66. The first-order chi connectivity index (χ1) is 11.8. The van der Waals surface area contributed by atoms with Crippen LogP contribution in [0.2, 0.25) is 0 Å². The van der Waals surface area contributed by atoms with Crippen LogP contribution in [0.15, 0.2) is 38.5 Å². The van der Waals surface area contributed by atoms with Crippen LogP contribution >= 0.6 is 23.4 Å². The van der Waals surface area contributed by atoms with Gasteiger partial charge in [-0.3, -0.25) is 14.3 Å². The predicted octanol–water partition coefficient (Wildman–Crippen LogP) is 2.66. The van der Waals surface area contributed by atoms with Crippen molar-refractivity contribution < 1.29 is 0 Å². The Balaban J connectivity index is 2.17. The number of fused-ring (bicyclic) bond motifs is 1. The molecule has 0 aromatic carbocycles. The highest BCUT2D eigenvalue weighted by Crippen LogP contribution is 2.28. The summed E-state index contributed by atoms with van der Waals surface area (Å²) in [6.45, 7) is 6.71. The number of nitrogens with zero attached hydrogens (tertiary/aromatic N) is 3. The number of allylic oxidation sites excluding steroid dienone is 4. The summed E-state index contributed by atoms with van der Waals surface area (Å²) < 4.78 is 3.26. The lowest BCUT2D eigenvalue weighted by Gasteiger charge is -2.18. The van der Waals surface area contributed by atoms with Crippen molar-refractivity contribution in [2.45, 2.75) is 43.1 Å². The first-order valence-electron chi connectivity index (χ1n) is 8.17. The van der Waals surface area contributed by atoms with E-state index in [0.717, 1.165) is 10.7 Å². The predicted molar refractivity (Wildman–Crippen MR) is 103 cm³/mol. The van der Waals surface area contributed by atoms with Gasteiger partial charge in [-0.05, 0) is 11.5 Å². The molecule has 2 atom stereocenters. The second-order valence-electron chi connectivity index (χ2n) is 6.54. The van der Waals surface area contributed by atoms with E-state index in [1.165, 1.54) is 4.57 Å². The van der Waals surface area contributed by atoms with Crippen molar-refractivity contribution in [3.05, 3.63) is 44.6 Å². The van der Waals surface area contributed by atoms with E-state index in [1.807, 2.05) is 16.7 Å². The third-order valence-electron chi connectivity index (χ3n) is 4.13. The second kappa shape index (κ2) is 6.88. The summed E-state index contributed by atoms with van der Waals surface area (Å²) in [5.74, 6) is 0.222. The summed E-state index contributed by atoms with van der Waals surface area (Å²) >= 11 is 7.80. The molecule has 0 amide bonds. The number of hydrogen-bond donors (Lipinski definition) is 1. The number of hydrogen-bond acceptors (Lipinski definition) is 4. The summed E-state index contributed by atoms with van der Waals surface area (Å²) in [4.78, 5) is 31.2. The number of nitrogens with one attached hydrogen (secondary N) is 1. The highest BCUT2D eigenvalue weighted by atomic mass is 35.5. The molecule has 2 unspecified atom stereocenters. The maximum Gasteiger partial charge on any atom is 0.329 e. The van der Waals surface area contributed by atoms with Crippen LogP contribution in [0.1, 0.15) is 20.8 Å². The summed E-state index contributed by atoms with van der Waals surface area (Å²) in [7, 11) is 1.61. The van der Waals surface area contributed by atoms with E-state index in [-0.39, 0.29) is 11.3 Å². The van der Waals surface area contributed by atoms with Crippen molar-refractivity contribution in [1.29, 1.82) is 0 Å². The Morgan fingerprint density at radius 2 is 2.12 bits per heavy atom. The number of aromatic amines is 1. The standard InChI is InChI=1S/C17H21ClN4O2S/c1-9(2)25-17-19-14-13(15(23)20-16(24)21(14)4)22(17)8-11-5-6-12(18)10(3)7-11/h5-7,9-10,12H,8H2,1-4H3,(H,20,23,24). The van der Waals surface area contributed by atoms with Crippen LogP contribution < -0.4 is 11.2 Å². The lowest BCUT2D eigenvalue weighted by Crippen LogP contribution is -2.29. The zero-order valence-electron chi connectivity index (χ0n) is 14.6. The van der Waals surface area contributed by atoms with E-state index in [1.54, 1.807) is 18.8 Å². The van der Waals surface area contributed by atoms with Crippen molar-refractivity contribution in [2.24, 2.45) is 13.0 Å². The zero-order valence-corrected chi connectivity index (χ0v) is 16.2. The van der Waals surface area contributed by atoms with Gasteiger partial charge < -0.3 is 4.57 Å². The average molecular weight is 381 g/mol. The van der Waals surface area contributed by atoms with Gasteiger partial charge in [0.05, 0.1) is 11.9 Å². The third kappa shape index (κ3) is 3.48.